The van der Waals surface area contributed by atoms with Crippen molar-refractivity contribution in [1.82, 2.24) is 0 Å². The molecule has 1 unspecified atom stereocenters. The van der Waals surface area contributed by atoms with E-state index in [1.807, 2.05) is 37.3 Å². The Balaban J connectivity index is 1.96. The van der Waals surface area contributed by atoms with Crippen LogP contribution >= 0.6 is 0 Å². The first kappa shape index (κ1) is 15.1. The maximum atomic E-state index is 12.7. The number of carboxylic acids is 1. The molecule has 1 atom stereocenters. The molecule has 0 saturated heterocycles. The molecule has 1 aliphatic heterocycles. The van der Waals surface area contributed by atoms with Gasteiger partial charge in [-0.25, -0.2) is 4.79 Å². The summed E-state index contributed by atoms with van der Waals surface area (Å²) in [5.74, 6) is -0.961. The third-order valence-electron chi connectivity index (χ3n) is 4.01. The minimum Gasteiger partial charge on any atom is -0.478 e. The Morgan fingerprint density at radius 2 is 2.00 bits per heavy atom. The van der Waals surface area contributed by atoms with Crippen molar-refractivity contribution in [2.75, 3.05) is 10.2 Å². The number of aromatic carboxylic acids is 1. The number of rotatable bonds is 4. The first-order valence-corrected chi connectivity index (χ1v) is 7.59. The van der Waals surface area contributed by atoms with Gasteiger partial charge in [0, 0.05) is 0 Å². The summed E-state index contributed by atoms with van der Waals surface area (Å²) < 4.78 is 0. The largest absolute Gasteiger partial charge is 0.478 e. The Kier molecular flexibility index (Phi) is 4.02. The second-order valence-corrected chi connectivity index (χ2v) is 5.55. The lowest BCUT2D eigenvalue weighted by molar-refractivity contribution is -0.119. The van der Waals surface area contributed by atoms with Crippen LogP contribution in [0.4, 0.5) is 11.4 Å². The van der Waals surface area contributed by atoms with Crippen LogP contribution in [-0.4, -0.2) is 23.0 Å². The SMILES string of the molecule is CCC1Nc2ccccc2N(Cc2cccc(C(=O)O)c2)C1=O. The zero-order chi connectivity index (χ0) is 16.4. The standard InChI is InChI=1S/C18H18N2O3/c1-2-14-17(21)20(16-9-4-3-8-15(16)19-14)11-12-6-5-7-13(10-12)18(22)23/h3-10,14,19H,2,11H2,1H3,(H,22,23). The molecule has 1 amide bonds. The predicted molar refractivity (Wildman–Crippen MR) is 88.7 cm³/mol. The molecule has 2 N–H and O–H groups in total. The van der Waals surface area contributed by atoms with Gasteiger partial charge in [0.25, 0.3) is 0 Å². The number of carbonyl (C=O) groups excluding carboxylic acids is 1. The molecule has 3 rings (SSSR count). The van der Waals surface area contributed by atoms with Crippen molar-refractivity contribution in [3.63, 3.8) is 0 Å². The number of nitrogens with zero attached hydrogens (tertiary/aromatic N) is 1. The summed E-state index contributed by atoms with van der Waals surface area (Å²) in [6, 6.07) is 14.1. The molecule has 2 aromatic carbocycles. The zero-order valence-corrected chi connectivity index (χ0v) is 12.8. The van der Waals surface area contributed by atoms with Crippen LogP contribution in [0.25, 0.3) is 0 Å². The molecule has 0 spiro atoms. The smallest absolute Gasteiger partial charge is 0.335 e. The highest BCUT2D eigenvalue weighted by Crippen LogP contribution is 2.33. The molecule has 1 heterocycles. The number of fused-ring (bicyclic) bond motifs is 1. The van der Waals surface area contributed by atoms with Crippen LogP contribution in [0.3, 0.4) is 0 Å². The molecule has 0 aromatic heterocycles. The highest BCUT2D eigenvalue weighted by molar-refractivity contribution is 6.04. The predicted octanol–water partition coefficient (Wildman–Crippen LogP) is 3.12. The summed E-state index contributed by atoms with van der Waals surface area (Å²) in [7, 11) is 0. The molecule has 0 radical (unpaired) electrons. The van der Waals surface area contributed by atoms with E-state index in [0.29, 0.717) is 13.0 Å². The van der Waals surface area contributed by atoms with Crippen molar-refractivity contribution in [3.05, 3.63) is 59.7 Å². The second-order valence-electron chi connectivity index (χ2n) is 5.55. The van der Waals surface area contributed by atoms with Crippen LogP contribution < -0.4 is 10.2 Å². The van der Waals surface area contributed by atoms with Crippen molar-refractivity contribution in [3.8, 4) is 0 Å². The van der Waals surface area contributed by atoms with Crippen molar-refractivity contribution < 1.29 is 14.7 Å². The number of hydrogen-bond donors (Lipinski definition) is 2. The highest BCUT2D eigenvalue weighted by atomic mass is 16.4. The number of anilines is 2. The normalized spacial score (nSPS) is 16.7. The first-order valence-electron chi connectivity index (χ1n) is 7.59. The molecule has 0 saturated carbocycles. The molecule has 2 aromatic rings. The van der Waals surface area contributed by atoms with Crippen LogP contribution in [0.5, 0.6) is 0 Å². The maximum absolute atomic E-state index is 12.7. The lowest BCUT2D eigenvalue weighted by Crippen LogP contribution is -2.46. The van der Waals surface area contributed by atoms with E-state index in [2.05, 4.69) is 5.32 Å². The van der Waals surface area contributed by atoms with Gasteiger partial charge in [0.2, 0.25) is 5.91 Å². The third kappa shape index (κ3) is 2.90. The van der Waals surface area contributed by atoms with E-state index in [0.717, 1.165) is 16.9 Å². The number of nitrogens with one attached hydrogen (secondary N) is 1. The van der Waals surface area contributed by atoms with Crippen LogP contribution in [-0.2, 0) is 11.3 Å². The van der Waals surface area contributed by atoms with E-state index in [1.54, 1.807) is 23.1 Å². The molecular formula is C18H18N2O3. The van der Waals surface area contributed by atoms with Gasteiger partial charge in [-0.2, -0.15) is 0 Å². The number of amides is 1. The molecular weight excluding hydrogens is 292 g/mol. The number of hydrogen-bond acceptors (Lipinski definition) is 3. The zero-order valence-electron chi connectivity index (χ0n) is 12.8. The van der Waals surface area contributed by atoms with Crippen molar-refractivity contribution in [2.45, 2.75) is 25.9 Å². The number of carbonyl (C=O) groups is 2. The van der Waals surface area contributed by atoms with Gasteiger partial charge in [-0.05, 0) is 36.2 Å². The Morgan fingerprint density at radius 1 is 1.22 bits per heavy atom. The maximum Gasteiger partial charge on any atom is 0.335 e. The summed E-state index contributed by atoms with van der Waals surface area (Å²) in [4.78, 5) is 25.5. The Bertz CT molecular complexity index is 757. The van der Waals surface area contributed by atoms with Gasteiger partial charge < -0.3 is 15.3 Å². The van der Waals surface area contributed by atoms with Gasteiger partial charge in [0.05, 0.1) is 23.5 Å². The van der Waals surface area contributed by atoms with Gasteiger partial charge in [-0.3, -0.25) is 4.79 Å². The van der Waals surface area contributed by atoms with E-state index in [4.69, 9.17) is 5.11 Å². The van der Waals surface area contributed by atoms with E-state index in [-0.39, 0.29) is 17.5 Å². The number of para-hydroxylation sites is 2. The number of benzene rings is 2. The Labute approximate surface area is 134 Å². The van der Waals surface area contributed by atoms with Crippen LogP contribution in [0, 0.1) is 0 Å². The van der Waals surface area contributed by atoms with Crippen LogP contribution in [0.2, 0.25) is 0 Å². The van der Waals surface area contributed by atoms with E-state index in [1.165, 1.54) is 0 Å². The quantitative estimate of drug-likeness (QED) is 0.910. The minimum atomic E-state index is -0.967. The second kappa shape index (κ2) is 6.12. The summed E-state index contributed by atoms with van der Waals surface area (Å²) in [6.07, 6.45) is 0.693. The van der Waals surface area contributed by atoms with Gasteiger partial charge in [0.15, 0.2) is 0 Å². The van der Waals surface area contributed by atoms with Crippen LogP contribution in [0.15, 0.2) is 48.5 Å². The van der Waals surface area contributed by atoms with Gasteiger partial charge in [-0.1, -0.05) is 31.2 Å². The molecule has 0 aliphatic carbocycles. The molecule has 5 nitrogen and oxygen atoms in total. The molecule has 0 fully saturated rings. The van der Waals surface area contributed by atoms with Crippen LogP contribution in [0.1, 0.15) is 29.3 Å². The summed E-state index contributed by atoms with van der Waals surface area (Å²) in [5.41, 5.74) is 2.77. The van der Waals surface area contributed by atoms with E-state index >= 15 is 0 Å². The van der Waals surface area contributed by atoms with Crippen molar-refractivity contribution in [1.29, 1.82) is 0 Å². The molecule has 23 heavy (non-hydrogen) atoms. The first-order chi connectivity index (χ1) is 11.1. The lowest BCUT2D eigenvalue weighted by Gasteiger charge is -2.35. The van der Waals surface area contributed by atoms with Crippen molar-refractivity contribution >= 4 is 23.3 Å². The fraction of sp³-hybridized carbons (Fsp3) is 0.222. The highest BCUT2D eigenvalue weighted by Gasteiger charge is 2.31. The van der Waals surface area contributed by atoms with E-state index in [9.17, 15) is 9.59 Å². The summed E-state index contributed by atoms with van der Waals surface area (Å²) in [6.45, 7) is 2.32. The van der Waals surface area contributed by atoms with Gasteiger partial charge >= 0.3 is 5.97 Å². The molecule has 1 aliphatic rings. The Hall–Kier alpha value is -2.82. The Morgan fingerprint density at radius 3 is 2.74 bits per heavy atom. The fourth-order valence-electron chi connectivity index (χ4n) is 2.81. The lowest BCUT2D eigenvalue weighted by atomic mass is 10.0. The third-order valence-corrected chi connectivity index (χ3v) is 4.01. The summed E-state index contributed by atoms with van der Waals surface area (Å²) in [5, 5.41) is 12.4. The number of carboxylic acid groups (broad SMARTS) is 1. The van der Waals surface area contributed by atoms with Gasteiger partial charge in [0.1, 0.15) is 6.04 Å². The fourth-order valence-corrected chi connectivity index (χ4v) is 2.81. The van der Waals surface area contributed by atoms with E-state index < -0.39 is 5.97 Å². The monoisotopic (exact) mass is 310 g/mol. The van der Waals surface area contributed by atoms with Gasteiger partial charge in [-0.15, -0.1) is 0 Å². The molecule has 118 valence electrons. The minimum absolute atomic E-state index is 0.00641. The average molecular weight is 310 g/mol. The average Bonchev–Trinajstić information content (AvgIpc) is 2.57. The topological polar surface area (TPSA) is 69.6 Å². The van der Waals surface area contributed by atoms with Crippen molar-refractivity contribution in [2.24, 2.45) is 0 Å². The molecule has 5 heteroatoms. The summed E-state index contributed by atoms with van der Waals surface area (Å²) >= 11 is 0. The molecule has 0 bridgehead atoms.